The van der Waals surface area contributed by atoms with E-state index in [1.165, 1.54) is 16.7 Å². The summed E-state index contributed by atoms with van der Waals surface area (Å²) >= 11 is 0. The van der Waals surface area contributed by atoms with Gasteiger partial charge in [-0.2, -0.15) is 5.10 Å². The number of benzene rings is 1. The first-order chi connectivity index (χ1) is 9.82. The van der Waals surface area contributed by atoms with Gasteiger partial charge >= 0.3 is 0 Å². The van der Waals surface area contributed by atoms with Gasteiger partial charge in [0.1, 0.15) is 0 Å². The zero-order chi connectivity index (χ0) is 15.6. The molecule has 1 heterocycles. The third kappa shape index (κ3) is 3.53. The average molecular weight is 285 g/mol. The lowest BCUT2D eigenvalue weighted by Gasteiger charge is -2.18. The zero-order valence-corrected chi connectivity index (χ0v) is 14.1. The van der Waals surface area contributed by atoms with Gasteiger partial charge in [-0.1, -0.05) is 45.9 Å². The number of nitrogens with zero attached hydrogens (tertiary/aromatic N) is 2. The van der Waals surface area contributed by atoms with Crippen molar-refractivity contribution < 1.29 is 0 Å². The highest BCUT2D eigenvalue weighted by molar-refractivity contribution is 5.67. The van der Waals surface area contributed by atoms with Crippen LogP contribution in [0.25, 0.3) is 11.1 Å². The van der Waals surface area contributed by atoms with E-state index in [-0.39, 0.29) is 5.41 Å². The van der Waals surface area contributed by atoms with Crippen LogP contribution in [0.5, 0.6) is 0 Å². The van der Waals surface area contributed by atoms with E-state index in [4.69, 9.17) is 0 Å². The zero-order valence-electron chi connectivity index (χ0n) is 14.1. The molecule has 0 spiro atoms. The molecule has 21 heavy (non-hydrogen) atoms. The Morgan fingerprint density at radius 1 is 1.29 bits per heavy atom. The normalized spacial score (nSPS) is 13.4. The first kappa shape index (κ1) is 15.8. The smallest absolute Gasteiger partial charge is 0.0756 e. The standard InChI is InChI=1S/C18H27N3/c1-7-19-13(2)14-9-8-10-15(11-14)16-12-21(6)20-17(16)18(3,4)5/h8-13,19H,7H2,1-6H3. The average Bonchev–Trinajstić information content (AvgIpc) is 2.81. The Labute approximate surface area is 128 Å². The maximum Gasteiger partial charge on any atom is 0.0756 e. The van der Waals surface area contributed by atoms with E-state index in [1.807, 2.05) is 11.7 Å². The summed E-state index contributed by atoms with van der Waals surface area (Å²) in [4.78, 5) is 0. The highest BCUT2D eigenvalue weighted by Gasteiger charge is 2.22. The second-order valence-electron chi connectivity index (χ2n) is 6.72. The van der Waals surface area contributed by atoms with Gasteiger partial charge in [-0.05, 0) is 30.7 Å². The summed E-state index contributed by atoms with van der Waals surface area (Å²) in [5.41, 5.74) is 4.99. The number of nitrogens with one attached hydrogen (secondary N) is 1. The molecule has 2 rings (SSSR count). The Kier molecular flexibility index (Phi) is 4.52. The molecular formula is C18H27N3. The molecular weight excluding hydrogens is 258 g/mol. The van der Waals surface area contributed by atoms with Gasteiger partial charge in [-0.25, -0.2) is 0 Å². The Bertz CT molecular complexity index is 605. The minimum Gasteiger partial charge on any atom is -0.310 e. The molecule has 0 saturated heterocycles. The number of aromatic nitrogens is 2. The maximum absolute atomic E-state index is 4.67. The van der Waals surface area contributed by atoms with Crippen LogP contribution >= 0.6 is 0 Å². The first-order valence-corrected chi connectivity index (χ1v) is 7.70. The third-order valence-corrected chi connectivity index (χ3v) is 3.75. The molecule has 0 aliphatic heterocycles. The molecule has 2 aromatic rings. The van der Waals surface area contributed by atoms with Crippen molar-refractivity contribution in [2.45, 2.75) is 46.1 Å². The van der Waals surface area contributed by atoms with Crippen molar-refractivity contribution >= 4 is 0 Å². The Morgan fingerprint density at radius 3 is 2.62 bits per heavy atom. The highest BCUT2D eigenvalue weighted by atomic mass is 15.3. The maximum atomic E-state index is 4.67. The van der Waals surface area contributed by atoms with E-state index in [9.17, 15) is 0 Å². The van der Waals surface area contributed by atoms with Gasteiger partial charge in [0.25, 0.3) is 0 Å². The van der Waals surface area contributed by atoms with Crippen LogP contribution in [-0.4, -0.2) is 16.3 Å². The van der Waals surface area contributed by atoms with E-state index in [2.05, 4.69) is 75.5 Å². The van der Waals surface area contributed by atoms with Crippen LogP contribution in [0.3, 0.4) is 0 Å². The van der Waals surface area contributed by atoms with Crippen LogP contribution in [0.2, 0.25) is 0 Å². The first-order valence-electron chi connectivity index (χ1n) is 7.70. The molecule has 1 aromatic heterocycles. The Hall–Kier alpha value is -1.61. The second-order valence-corrected chi connectivity index (χ2v) is 6.72. The van der Waals surface area contributed by atoms with Crippen LogP contribution in [0, 0.1) is 0 Å². The highest BCUT2D eigenvalue weighted by Crippen LogP contribution is 2.32. The molecule has 0 bridgehead atoms. The van der Waals surface area contributed by atoms with Crippen LogP contribution < -0.4 is 5.32 Å². The van der Waals surface area contributed by atoms with Crippen LogP contribution in [0.1, 0.15) is 51.9 Å². The predicted octanol–water partition coefficient (Wildman–Crippen LogP) is 4.06. The fourth-order valence-electron chi connectivity index (χ4n) is 2.65. The molecule has 0 radical (unpaired) electrons. The Balaban J connectivity index is 2.46. The van der Waals surface area contributed by atoms with Crippen molar-refractivity contribution in [2.24, 2.45) is 7.05 Å². The van der Waals surface area contributed by atoms with Gasteiger partial charge in [0.15, 0.2) is 0 Å². The van der Waals surface area contributed by atoms with Crippen LogP contribution in [0.15, 0.2) is 30.5 Å². The molecule has 1 aromatic carbocycles. The minimum absolute atomic E-state index is 0.0416. The molecule has 0 fully saturated rings. The molecule has 0 aliphatic carbocycles. The molecule has 3 nitrogen and oxygen atoms in total. The van der Waals surface area contributed by atoms with Gasteiger partial charge < -0.3 is 5.32 Å². The van der Waals surface area contributed by atoms with Gasteiger partial charge in [-0.3, -0.25) is 4.68 Å². The van der Waals surface area contributed by atoms with E-state index in [0.29, 0.717) is 6.04 Å². The number of hydrogen-bond acceptors (Lipinski definition) is 2. The quantitative estimate of drug-likeness (QED) is 0.918. The minimum atomic E-state index is 0.0416. The number of hydrogen-bond donors (Lipinski definition) is 1. The molecule has 1 N–H and O–H groups in total. The lowest BCUT2D eigenvalue weighted by atomic mass is 9.87. The largest absolute Gasteiger partial charge is 0.310 e. The molecule has 114 valence electrons. The van der Waals surface area contributed by atoms with Crippen molar-refractivity contribution in [2.75, 3.05) is 6.54 Å². The molecule has 0 aliphatic rings. The summed E-state index contributed by atoms with van der Waals surface area (Å²) in [5, 5.41) is 8.14. The Morgan fingerprint density at radius 2 is 2.00 bits per heavy atom. The molecule has 3 heteroatoms. The summed E-state index contributed by atoms with van der Waals surface area (Å²) in [6.07, 6.45) is 2.12. The fourth-order valence-corrected chi connectivity index (χ4v) is 2.65. The van der Waals surface area contributed by atoms with Gasteiger partial charge in [0, 0.05) is 30.3 Å². The SMILES string of the molecule is CCNC(C)c1cccc(-c2cn(C)nc2C(C)(C)C)c1. The van der Waals surface area contributed by atoms with Crippen LogP contribution in [-0.2, 0) is 12.5 Å². The van der Waals surface area contributed by atoms with Crippen molar-refractivity contribution in [1.82, 2.24) is 15.1 Å². The second kappa shape index (κ2) is 6.02. The molecule has 1 unspecified atom stereocenters. The summed E-state index contributed by atoms with van der Waals surface area (Å²) in [5.74, 6) is 0. The monoisotopic (exact) mass is 285 g/mol. The van der Waals surface area contributed by atoms with E-state index in [0.717, 1.165) is 12.2 Å². The van der Waals surface area contributed by atoms with Gasteiger partial charge in [-0.15, -0.1) is 0 Å². The van der Waals surface area contributed by atoms with Crippen molar-refractivity contribution in [1.29, 1.82) is 0 Å². The van der Waals surface area contributed by atoms with Crippen molar-refractivity contribution in [3.8, 4) is 11.1 Å². The van der Waals surface area contributed by atoms with E-state index < -0.39 is 0 Å². The van der Waals surface area contributed by atoms with E-state index in [1.54, 1.807) is 0 Å². The summed E-state index contributed by atoms with van der Waals surface area (Å²) in [6, 6.07) is 9.14. The third-order valence-electron chi connectivity index (χ3n) is 3.75. The molecule has 0 amide bonds. The van der Waals surface area contributed by atoms with Crippen molar-refractivity contribution in [3.05, 3.63) is 41.7 Å². The molecule has 0 saturated carbocycles. The fraction of sp³-hybridized carbons (Fsp3) is 0.500. The predicted molar refractivity (Wildman–Crippen MR) is 89.4 cm³/mol. The van der Waals surface area contributed by atoms with Gasteiger partial charge in [0.05, 0.1) is 5.69 Å². The van der Waals surface area contributed by atoms with Crippen LogP contribution in [0.4, 0.5) is 0 Å². The lowest BCUT2D eigenvalue weighted by Crippen LogP contribution is -2.17. The summed E-state index contributed by atoms with van der Waals surface area (Å²) in [7, 11) is 1.99. The molecule has 1 atom stereocenters. The number of rotatable bonds is 4. The lowest BCUT2D eigenvalue weighted by molar-refractivity contribution is 0.554. The van der Waals surface area contributed by atoms with Crippen molar-refractivity contribution in [3.63, 3.8) is 0 Å². The summed E-state index contributed by atoms with van der Waals surface area (Å²) in [6.45, 7) is 12.0. The topological polar surface area (TPSA) is 29.9 Å². The van der Waals surface area contributed by atoms with E-state index >= 15 is 0 Å². The van der Waals surface area contributed by atoms with Gasteiger partial charge in [0.2, 0.25) is 0 Å². The summed E-state index contributed by atoms with van der Waals surface area (Å²) < 4.78 is 1.91. The number of aryl methyl sites for hydroxylation is 1.